The number of carbonyl (C=O) groups excluding carboxylic acids is 3. The average molecular weight is 1230 g/mol. The van der Waals surface area contributed by atoms with Gasteiger partial charge < -0.3 is 91.3 Å². The monoisotopic (exact) mass is 1230 g/mol. The fraction of sp³-hybridized carbons (Fsp3) is 0.774. The summed E-state index contributed by atoms with van der Waals surface area (Å²) in [7, 11) is 1.62. The van der Waals surface area contributed by atoms with Crippen LogP contribution in [0.3, 0.4) is 0 Å². The zero-order valence-corrected chi connectivity index (χ0v) is 51.8. The molecule has 1 fully saturated rings. The third-order valence-electron chi connectivity index (χ3n) is 16.7. The van der Waals surface area contributed by atoms with Gasteiger partial charge in [0.15, 0.2) is 12.1 Å². The molecule has 1 saturated heterocycles. The molecular weight excluding hydrogens is 1120 g/mol. The average Bonchev–Trinajstić information content (AvgIpc) is 1.11. The molecule has 15 N–H and O–H groups in total. The van der Waals surface area contributed by atoms with Crippen LogP contribution in [0.4, 0.5) is 0 Å². The molecule has 24 heteroatoms. The molecule has 86 heavy (non-hydrogen) atoms. The summed E-state index contributed by atoms with van der Waals surface area (Å²) in [6.45, 7) is 14.6. The second-order valence-electron chi connectivity index (χ2n) is 24.4. The number of fused-ring (bicyclic) bond motifs is 2. The van der Waals surface area contributed by atoms with Gasteiger partial charge in [-0.25, -0.2) is 0 Å². The van der Waals surface area contributed by atoms with Gasteiger partial charge in [0.05, 0.1) is 67.0 Å². The lowest BCUT2D eigenvalue weighted by Crippen LogP contribution is -2.61. The fourth-order valence-electron chi connectivity index (χ4n) is 10.8. The van der Waals surface area contributed by atoms with Gasteiger partial charge in [-0.1, -0.05) is 103 Å². The highest BCUT2D eigenvalue weighted by molar-refractivity contribution is 5.90. The number of nitrogens with two attached hydrogens (primary N) is 1. The summed E-state index contributed by atoms with van der Waals surface area (Å²) in [5.41, 5.74) is 5.69. The number of cyclic esters (lactones) is 1. The van der Waals surface area contributed by atoms with Crippen molar-refractivity contribution < 1.29 is 104 Å². The molecule has 0 aromatic heterocycles. The molecule has 2 rings (SSSR count). The smallest absolute Gasteiger partial charge is 0.317 e. The minimum absolute atomic E-state index is 0.0172. The Kier molecular flexibility index (Phi) is 35.2. The van der Waals surface area contributed by atoms with E-state index in [9.17, 15) is 85.3 Å². The number of hydrogen-bond acceptors (Lipinski definition) is 20. The maximum atomic E-state index is 13.9. The van der Waals surface area contributed by atoms with Crippen molar-refractivity contribution in [1.29, 1.82) is 0 Å². The maximum absolute atomic E-state index is 13.9. The molecule has 0 radical (unpaired) electrons. The number of guanidine groups is 1. The molecule has 0 aliphatic carbocycles. The van der Waals surface area contributed by atoms with Gasteiger partial charge in [-0.2, -0.15) is 0 Å². The SMILES string of the molecule is CN=C(N)NCCC/C=C/CCC[C@H](C)C[C@H](C)[C@H]1OC(=O)[C@@H](C)[C@H](O)/C=C/[C@@H](C)[C@@H](O)C[C@@H](O)[C@@H](C)[C@@H](O)CC[C@@H](C)[C@@H](O)C[C@]2(O)O[C@H](C[C@H](OC(=O)CC(=O)O)C[C@H](O)C[C@H](O)[C@H](C)[C@H](O)/C=C/C=C/[C@H]1C)C[C@H](O)[C@@H]2OC(=O)CC(=O)O. The summed E-state index contributed by atoms with van der Waals surface area (Å²) in [6, 6.07) is 0. The summed E-state index contributed by atoms with van der Waals surface area (Å²) < 4.78 is 22.9. The van der Waals surface area contributed by atoms with E-state index >= 15 is 0 Å². The predicted molar refractivity (Wildman–Crippen MR) is 318 cm³/mol. The third kappa shape index (κ3) is 28.5. The molecule has 2 aliphatic rings. The van der Waals surface area contributed by atoms with Crippen molar-refractivity contribution >= 4 is 35.8 Å². The van der Waals surface area contributed by atoms with E-state index < -0.39 is 190 Å². The van der Waals surface area contributed by atoms with Crippen LogP contribution in [0.1, 0.15) is 158 Å². The maximum Gasteiger partial charge on any atom is 0.317 e. The first-order valence-corrected chi connectivity index (χ1v) is 30.5. The molecule has 24 nitrogen and oxygen atoms in total. The Morgan fingerprint density at radius 3 is 1.94 bits per heavy atom. The van der Waals surface area contributed by atoms with Crippen LogP contribution in [0, 0.1) is 47.3 Å². The third-order valence-corrected chi connectivity index (χ3v) is 16.7. The van der Waals surface area contributed by atoms with Gasteiger partial charge in [-0.05, 0) is 76.0 Å². The van der Waals surface area contributed by atoms with E-state index in [4.69, 9.17) is 24.7 Å². The lowest BCUT2D eigenvalue weighted by atomic mass is 9.83. The summed E-state index contributed by atoms with van der Waals surface area (Å²) in [6.07, 6.45) is -3.69. The van der Waals surface area contributed by atoms with E-state index in [1.807, 2.05) is 13.8 Å². The largest absolute Gasteiger partial charge is 0.481 e. The number of nitrogens with zero attached hydrogens (tertiary/aromatic N) is 1. The molecule has 22 atom stereocenters. The predicted octanol–water partition coefficient (Wildman–Crippen LogP) is 3.33. The number of carboxylic acids is 2. The van der Waals surface area contributed by atoms with Crippen LogP contribution in [0.2, 0.25) is 0 Å². The van der Waals surface area contributed by atoms with Crippen LogP contribution < -0.4 is 11.1 Å². The standard InChI is InChI=1S/C62H105N3O21/c1-35(18-14-12-10-11-13-17-25-65-61(63)64-9)26-39(5)58-38(4)19-15-16-20-46(67)40(6)50(71)28-43(66)27-44(83-56(79)32-54(75)76)29-45-30-52(73)59(84-57(80)33-55(77)78)62(82,86-45)34-53(74)37(3)22-23-47(68)41(7)51(72)31-49(70)36(2)21-24-48(69)42(8)60(81)85-58/h10-11,15-16,19-21,24,35-53,58-59,66-74,82H,12-14,17-18,22-23,25-34H2,1-9H3,(H,75,76)(H,77,78)(H3,63,64,65)/b11-10+,19-15+,20-16+,24-21+/t35-,36+,37+,38+,39-,40+,41-,42-,43-,44+,45+,46+,47-,48+,49-,50-,51+,52-,53-,58-,59-,62-/m0/s1. The molecule has 494 valence electrons. The van der Waals surface area contributed by atoms with Gasteiger partial charge in [0, 0.05) is 69.4 Å². The fourth-order valence-corrected chi connectivity index (χ4v) is 10.8. The van der Waals surface area contributed by atoms with Crippen LogP contribution in [-0.4, -0.2) is 196 Å². The zero-order chi connectivity index (χ0) is 65.0. The van der Waals surface area contributed by atoms with Crippen LogP contribution in [-0.2, 0) is 42.9 Å². The van der Waals surface area contributed by atoms with Gasteiger partial charge in [0.25, 0.3) is 0 Å². The molecular formula is C62H105N3O21. The number of allylic oxidation sites excluding steroid dienone is 4. The number of aliphatic carboxylic acids is 2. The molecule has 2 aliphatic heterocycles. The number of aliphatic imine (C=N–C) groups is 1. The molecule has 2 heterocycles. The highest BCUT2D eigenvalue weighted by atomic mass is 16.7. The number of unbranched alkanes of at least 4 members (excludes halogenated alkanes) is 2. The van der Waals surface area contributed by atoms with Gasteiger partial charge >= 0.3 is 29.8 Å². The molecule has 0 spiro atoms. The molecule has 2 bridgehead atoms. The van der Waals surface area contributed by atoms with E-state index in [2.05, 4.69) is 29.4 Å². The molecule has 0 amide bonds. The Labute approximate surface area is 507 Å². The number of aliphatic hydroxyl groups is 10. The first-order valence-electron chi connectivity index (χ1n) is 30.5. The van der Waals surface area contributed by atoms with Crippen molar-refractivity contribution in [1.82, 2.24) is 5.32 Å². The zero-order valence-electron chi connectivity index (χ0n) is 51.8. The molecule has 0 unspecified atom stereocenters. The number of esters is 3. The molecule has 0 aromatic rings. The van der Waals surface area contributed by atoms with E-state index in [0.29, 0.717) is 12.4 Å². The second kappa shape index (κ2) is 39.2. The number of carbonyl (C=O) groups is 5. The summed E-state index contributed by atoms with van der Waals surface area (Å²) >= 11 is 0. The number of rotatable bonds is 17. The topological polar surface area (TPSA) is 415 Å². The second-order valence-corrected chi connectivity index (χ2v) is 24.4. The van der Waals surface area contributed by atoms with E-state index in [-0.39, 0.29) is 37.0 Å². The van der Waals surface area contributed by atoms with Gasteiger partial charge in [-0.15, -0.1) is 0 Å². The minimum atomic E-state index is -2.75. The van der Waals surface area contributed by atoms with Gasteiger partial charge in [0.1, 0.15) is 25.0 Å². The number of aliphatic hydroxyl groups excluding tert-OH is 9. The number of ether oxygens (including phenoxy) is 4. The normalized spacial score (nSPS) is 36.9. The van der Waals surface area contributed by atoms with Crippen LogP contribution in [0.15, 0.2) is 53.6 Å². The van der Waals surface area contributed by atoms with Crippen molar-refractivity contribution in [3.8, 4) is 0 Å². The highest BCUT2D eigenvalue weighted by Gasteiger charge is 2.53. The summed E-state index contributed by atoms with van der Waals surface area (Å²) in [5.74, 6) is -13.2. The quantitative estimate of drug-likeness (QED) is 0.0189. The Bertz CT molecular complexity index is 2200. The van der Waals surface area contributed by atoms with Crippen molar-refractivity contribution in [2.75, 3.05) is 13.6 Å². The number of hydrogen-bond donors (Lipinski definition) is 14. The first kappa shape index (κ1) is 77.2. The minimum Gasteiger partial charge on any atom is -0.481 e. The Morgan fingerprint density at radius 2 is 1.31 bits per heavy atom. The lowest BCUT2D eigenvalue weighted by Gasteiger charge is -2.46. The van der Waals surface area contributed by atoms with Gasteiger partial charge in [-0.3, -0.25) is 29.0 Å². The van der Waals surface area contributed by atoms with Gasteiger partial charge in [0.2, 0.25) is 5.79 Å². The van der Waals surface area contributed by atoms with Crippen molar-refractivity contribution in [3.05, 3.63) is 48.6 Å². The molecule has 0 aromatic carbocycles. The van der Waals surface area contributed by atoms with E-state index in [1.54, 1.807) is 46.0 Å². The summed E-state index contributed by atoms with van der Waals surface area (Å²) in [4.78, 5) is 66.1. The van der Waals surface area contributed by atoms with E-state index in [1.165, 1.54) is 32.1 Å². The van der Waals surface area contributed by atoms with Crippen molar-refractivity contribution in [2.45, 2.75) is 243 Å². The lowest BCUT2D eigenvalue weighted by molar-refractivity contribution is -0.335. The highest BCUT2D eigenvalue weighted by Crippen LogP contribution is 2.38. The van der Waals surface area contributed by atoms with Crippen molar-refractivity contribution in [3.63, 3.8) is 0 Å². The summed E-state index contributed by atoms with van der Waals surface area (Å²) in [5, 5.41) is 135. The number of carboxylic acid groups (broad SMARTS) is 2. The van der Waals surface area contributed by atoms with E-state index in [0.717, 1.165) is 38.6 Å². The van der Waals surface area contributed by atoms with Crippen LogP contribution in [0.25, 0.3) is 0 Å². The van der Waals surface area contributed by atoms with Crippen molar-refractivity contribution in [2.24, 2.45) is 58.1 Å². The first-order chi connectivity index (χ1) is 40.3. The van der Waals surface area contributed by atoms with Crippen LogP contribution in [0.5, 0.6) is 0 Å². The Balaban J connectivity index is 2.52. The number of nitrogens with one attached hydrogen (secondary N) is 1. The Hall–Kier alpha value is -4.86. The molecule has 0 saturated carbocycles. The van der Waals surface area contributed by atoms with Crippen LogP contribution >= 0.6 is 0 Å². The Morgan fingerprint density at radius 1 is 0.709 bits per heavy atom.